The molecular formula is C8H18N2O5S. The summed E-state index contributed by atoms with van der Waals surface area (Å²) in [6, 6.07) is -1.31. The second-order valence-corrected chi connectivity index (χ2v) is 5.30. The Bertz CT molecular complexity index is 314. The molecule has 0 aliphatic carbocycles. The van der Waals surface area contributed by atoms with E-state index < -0.39 is 28.8 Å². The number of hydrogen-bond acceptors (Lipinski definition) is 4. The maximum absolute atomic E-state index is 11.4. The molecule has 16 heavy (non-hydrogen) atoms. The highest BCUT2D eigenvalue weighted by molar-refractivity contribution is 7.87. The molecule has 0 spiro atoms. The number of aliphatic carboxylic acids is 1. The van der Waals surface area contributed by atoms with Gasteiger partial charge in [-0.15, -0.1) is 0 Å². The molecule has 0 amide bonds. The number of carboxylic acids is 1. The van der Waals surface area contributed by atoms with Crippen LogP contribution in [0.2, 0.25) is 0 Å². The molecule has 0 aromatic heterocycles. The average Bonchev–Trinajstić information content (AvgIpc) is 2.14. The molecule has 0 aromatic carbocycles. The fourth-order valence-electron chi connectivity index (χ4n) is 0.867. The van der Waals surface area contributed by atoms with Gasteiger partial charge in [-0.3, -0.25) is 4.79 Å². The Labute approximate surface area is 95.0 Å². The first kappa shape index (κ1) is 15.3. The Morgan fingerprint density at radius 3 is 2.31 bits per heavy atom. The molecule has 0 saturated carbocycles. The summed E-state index contributed by atoms with van der Waals surface area (Å²) in [4.78, 5) is 10.6. The number of aliphatic hydroxyl groups excluding tert-OH is 1. The zero-order valence-corrected chi connectivity index (χ0v) is 10.1. The SMILES string of the molecule is CC(C)CNS(=O)(=O)N[C@@H](CCO)C(=O)O. The summed E-state index contributed by atoms with van der Waals surface area (Å²) in [5.74, 6) is -1.19. The molecule has 4 N–H and O–H groups in total. The van der Waals surface area contributed by atoms with Gasteiger partial charge in [-0.2, -0.15) is 13.1 Å². The van der Waals surface area contributed by atoms with Crippen molar-refractivity contribution in [3.8, 4) is 0 Å². The van der Waals surface area contributed by atoms with Crippen LogP contribution in [0.25, 0.3) is 0 Å². The molecule has 0 aliphatic heterocycles. The zero-order valence-electron chi connectivity index (χ0n) is 9.30. The summed E-state index contributed by atoms with van der Waals surface area (Å²) >= 11 is 0. The summed E-state index contributed by atoms with van der Waals surface area (Å²) in [7, 11) is -3.84. The molecule has 0 heterocycles. The van der Waals surface area contributed by atoms with E-state index >= 15 is 0 Å². The summed E-state index contributed by atoms with van der Waals surface area (Å²) in [5.41, 5.74) is 0. The number of aliphatic hydroxyl groups is 1. The van der Waals surface area contributed by atoms with Crippen LogP contribution in [0.5, 0.6) is 0 Å². The van der Waals surface area contributed by atoms with E-state index in [1.807, 2.05) is 18.6 Å². The number of carboxylic acid groups (broad SMARTS) is 1. The molecule has 0 fully saturated rings. The van der Waals surface area contributed by atoms with Crippen molar-refractivity contribution in [3.63, 3.8) is 0 Å². The third-order valence-electron chi connectivity index (χ3n) is 1.69. The standard InChI is InChI=1S/C8H18N2O5S/c1-6(2)5-9-16(14,15)10-7(3-4-11)8(12)13/h6-7,9-11H,3-5H2,1-2H3,(H,12,13)/t7-/m0/s1. The van der Waals surface area contributed by atoms with Crippen molar-refractivity contribution in [3.05, 3.63) is 0 Å². The first-order chi connectivity index (χ1) is 7.28. The average molecular weight is 254 g/mol. The lowest BCUT2D eigenvalue weighted by Crippen LogP contribution is -2.47. The topological polar surface area (TPSA) is 116 Å². The van der Waals surface area contributed by atoms with E-state index in [0.29, 0.717) is 0 Å². The molecule has 0 unspecified atom stereocenters. The first-order valence-corrected chi connectivity index (χ1v) is 6.37. The van der Waals surface area contributed by atoms with Crippen LogP contribution in [0.4, 0.5) is 0 Å². The number of nitrogens with one attached hydrogen (secondary N) is 2. The van der Waals surface area contributed by atoms with Gasteiger partial charge >= 0.3 is 5.97 Å². The molecule has 0 aliphatic rings. The smallest absolute Gasteiger partial charge is 0.321 e. The van der Waals surface area contributed by atoms with Gasteiger partial charge in [0, 0.05) is 13.2 Å². The second-order valence-electron chi connectivity index (χ2n) is 3.77. The van der Waals surface area contributed by atoms with Gasteiger partial charge in [-0.25, -0.2) is 4.72 Å². The van der Waals surface area contributed by atoms with Crippen LogP contribution in [0.15, 0.2) is 0 Å². The lowest BCUT2D eigenvalue weighted by Gasteiger charge is -2.14. The van der Waals surface area contributed by atoms with Crippen molar-refractivity contribution in [1.29, 1.82) is 0 Å². The number of carbonyl (C=O) groups is 1. The van der Waals surface area contributed by atoms with Gasteiger partial charge in [0.05, 0.1) is 0 Å². The monoisotopic (exact) mass is 254 g/mol. The normalized spacial score (nSPS) is 14.0. The first-order valence-electron chi connectivity index (χ1n) is 4.89. The highest BCUT2D eigenvalue weighted by atomic mass is 32.2. The summed E-state index contributed by atoms with van der Waals surface area (Å²) < 4.78 is 26.9. The Balaban J connectivity index is 4.36. The molecular weight excluding hydrogens is 236 g/mol. The van der Waals surface area contributed by atoms with Crippen LogP contribution in [-0.2, 0) is 15.0 Å². The van der Waals surface area contributed by atoms with Crippen molar-refractivity contribution in [2.45, 2.75) is 26.3 Å². The quantitative estimate of drug-likeness (QED) is 0.439. The summed E-state index contributed by atoms with van der Waals surface area (Å²) in [6.45, 7) is 3.47. The predicted octanol–water partition coefficient (Wildman–Crippen LogP) is -1.10. The van der Waals surface area contributed by atoms with Crippen molar-refractivity contribution in [1.82, 2.24) is 9.44 Å². The van der Waals surface area contributed by atoms with Crippen LogP contribution in [-0.4, -0.2) is 43.8 Å². The molecule has 0 rings (SSSR count). The van der Waals surface area contributed by atoms with E-state index in [1.54, 1.807) is 0 Å². The second kappa shape index (κ2) is 6.79. The highest BCUT2D eigenvalue weighted by Crippen LogP contribution is 1.95. The van der Waals surface area contributed by atoms with E-state index in [2.05, 4.69) is 4.72 Å². The minimum atomic E-state index is -3.84. The zero-order chi connectivity index (χ0) is 12.8. The number of rotatable bonds is 8. The maximum Gasteiger partial charge on any atom is 0.321 e. The third kappa shape index (κ3) is 6.72. The Kier molecular flexibility index (Phi) is 6.49. The largest absolute Gasteiger partial charge is 0.480 e. The number of hydrogen-bond donors (Lipinski definition) is 4. The van der Waals surface area contributed by atoms with E-state index in [1.165, 1.54) is 0 Å². The van der Waals surface area contributed by atoms with Crippen LogP contribution >= 0.6 is 0 Å². The van der Waals surface area contributed by atoms with Gasteiger partial charge in [-0.05, 0) is 12.3 Å². The van der Waals surface area contributed by atoms with Crippen LogP contribution in [0.3, 0.4) is 0 Å². The molecule has 1 atom stereocenters. The van der Waals surface area contributed by atoms with Gasteiger partial charge < -0.3 is 10.2 Å². The fourth-order valence-corrected chi connectivity index (χ4v) is 2.10. The third-order valence-corrected chi connectivity index (χ3v) is 2.84. The van der Waals surface area contributed by atoms with Gasteiger partial charge in [0.1, 0.15) is 6.04 Å². The molecule has 0 radical (unpaired) electrons. The highest BCUT2D eigenvalue weighted by Gasteiger charge is 2.23. The molecule has 0 saturated heterocycles. The van der Waals surface area contributed by atoms with E-state index in [9.17, 15) is 13.2 Å². The predicted molar refractivity (Wildman–Crippen MR) is 58.0 cm³/mol. The minimum absolute atomic E-state index is 0.123. The Morgan fingerprint density at radius 2 is 1.94 bits per heavy atom. The van der Waals surface area contributed by atoms with Gasteiger partial charge in [0.15, 0.2) is 0 Å². The van der Waals surface area contributed by atoms with Crippen LogP contribution < -0.4 is 9.44 Å². The molecule has 0 aromatic rings. The maximum atomic E-state index is 11.4. The van der Waals surface area contributed by atoms with Gasteiger partial charge in [-0.1, -0.05) is 13.8 Å². The molecule has 8 heteroatoms. The Morgan fingerprint density at radius 1 is 1.38 bits per heavy atom. The Hall–Kier alpha value is -0.700. The van der Waals surface area contributed by atoms with Crippen molar-refractivity contribution in [2.24, 2.45) is 5.92 Å². The molecule has 7 nitrogen and oxygen atoms in total. The van der Waals surface area contributed by atoms with Crippen LogP contribution in [0, 0.1) is 5.92 Å². The van der Waals surface area contributed by atoms with Crippen molar-refractivity contribution >= 4 is 16.2 Å². The van der Waals surface area contributed by atoms with Crippen molar-refractivity contribution < 1.29 is 23.4 Å². The summed E-state index contributed by atoms with van der Waals surface area (Å²) in [6.07, 6.45) is -0.169. The molecule has 0 bridgehead atoms. The molecule has 96 valence electrons. The van der Waals surface area contributed by atoms with Crippen molar-refractivity contribution in [2.75, 3.05) is 13.2 Å². The van der Waals surface area contributed by atoms with Gasteiger partial charge in [0.2, 0.25) is 0 Å². The minimum Gasteiger partial charge on any atom is -0.480 e. The van der Waals surface area contributed by atoms with E-state index in [-0.39, 0.29) is 18.9 Å². The fraction of sp³-hybridized carbons (Fsp3) is 0.875. The summed E-state index contributed by atoms with van der Waals surface area (Å²) in [5, 5.41) is 17.3. The lowest BCUT2D eigenvalue weighted by atomic mass is 10.2. The van der Waals surface area contributed by atoms with E-state index in [4.69, 9.17) is 10.2 Å². The lowest BCUT2D eigenvalue weighted by molar-refractivity contribution is -0.139. The van der Waals surface area contributed by atoms with Crippen LogP contribution in [0.1, 0.15) is 20.3 Å². The van der Waals surface area contributed by atoms with E-state index in [0.717, 1.165) is 0 Å². The van der Waals surface area contributed by atoms with Gasteiger partial charge in [0.25, 0.3) is 10.2 Å².